The Hall–Kier alpha value is -2.46. The van der Waals surface area contributed by atoms with Gasteiger partial charge in [0.2, 0.25) is 0 Å². The van der Waals surface area contributed by atoms with Gasteiger partial charge in [-0.2, -0.15) is 0 Å². The van der Waals surface area contributed by atoms with Crippen LogP contribution in [0, 0.1) is 0 Å². The summed E-state index contributed by atoms with van der Waals surface area (Å²) in [4.78, 5) is 0. The van der Waals surface area contributed by atoms with E-state index < -0.39 is 0 Å². The van der Waals surface area contributed by atoms with Crippen molar-refractivity contribution in [1.82, 2.24) is 5.43 Å². The largest absolute Gasteiger partial charge is 0.488 e. The van der Waals surface area contributed by atoms with E-state index in [1.807, 2.05) is 54.6 Å². The van der Waals surface area contributed by atoms with E-state index in [1.165, 1.54) is 6.20 Å². The highest BCUT2D eigenvalue weighted by Gasteiger charge is 2.07. The van der Waals surface area contributed by atoms with Crippen molar-refractivity contribution in [2.24, 2.45) is 11.6 Å². The molecule has 2 aromatic rings. The fourth-order valence-electron chi connectivity index (χ4n) is 1.77. The molecule has 0 heterocycles. The van der Waals surface area contributed by atoms with Gasteiger partial charge in [-0.05, 0) is 17.7 Å². The SMILES string of the molecule is N/C=C(\NN)c1ccccc1OCc1ccccc1. The highest BCUT2D eigenvalue weighted by Crippen LogP contribution is 2.24. The van der Waals surface area contributed by atoms with Crippen LogP contribution in [0.15, 0.2) is 60.8 Å². The molecule has 0 saturated heterocycles. The summed E-state index contributed by atoms with van der Waals surface area (Å²) in [6, 6.07) is 17.6. The number of ether oxygens (including phenoxy) is 1. The van der Waals surface area contributed by atoms with Crippen LogP contribution in [0.5, 0.6) is 5.75 Å². The van der Waals surface area contributed by atoms with E-state index in [2.05, 4.69) is 5.43 Å². The summed E-state index contributed by atoms with van der Waals surface area (Å²) >= 11 is 0. The van der Waals surface area contributed by atoms with Crippen molar-refractivity contribution in [2.45, 2.75) is 6.61 Å². The van der Waals surface area contributed by atoms with Gasteiger partial charge in [0, 0.05) is 11.8 Å². The first-order valence-corrected chi connectivity index (χ1v) is 6.00. The summed E-state index contributed by atoms with van der Waals surface area (Å²) in [5.41, 5.74) is 10.7. The number of para-hydroxylation sites is 1. The van der Waals surface area contributed by atoms with Crippen LogP contribution >= 0.6 is 0 Å². The standard InChI is InChI=1S/C15H17N3O/c16-10-14(18-17)13-8-4-5-9-15(13)19-11-12-6-2-1-3-7-12/h1-10,18H,11,16-17H2/b14-10-. The maximum Gasteiger partial charge on any atom is 0.129 e. The zero-order valence-corrected chi connectivity index (χ0v) is 10.5. The van der Waals surface area contributed by atoms with Gasteiger partial charge in [0.1, 0.15) is 12.4 Å². The number of hydrazine groups is 1. The summed E-state index contributed by atoms with van der Waals surface area (Å²) in [5.74, 6) is 6.17. The molecular formula is C15H17N3O. The normalized spacial score (nSPS) is 11.1. The summed E-state index contributed by atoms with van der Waals surface area (Å²) < 4.78 is 5.82. The first kappa shape index (κ1) is 13.0. The van der Waals surface area contributed by atoms with Crippen LogP contribution in [0.25, 0.3) is 5.70 Å². The molecule has 0 aliphatic rings. The van der Waals surface area contributed by atoms with Gasteiger partial charge in [0.15, 0.2) is 0 Å². The molecule has 2 aromatic carbocycles. The lowest BCUT2D eigenvalue weighted by Gasteiger charge is -2.13. The van der Waals surface area contributed by atoms with Crippen molar-refractivity contribution < 1.29 is 4.74 Å². The molecule has 5 N–H and O–H groups in total. The minimum Gasteiger partial charge on any atom is -0.488 e. The van der Waals surface area contributed by atoms with Crippen LogP contribution in [0.1, 0.15) is 11.1 Å². The van der Waals surface area contributed by atoms with Crippen LogP contribution in [0.2, 0.25) is 0 Å². The molecule has 0 atom stereocenters. The van der Waals surface area contributed by atoms with Crippen molar-refractivity contribution in [3.05, 3.63) is 71.9 Å². The third-order valence-corrected chi connectivity index (χ3v) is 2.74. The van der Waals surface area contributed by atoms with Crippen molar-refractivity contribution in [2.75, 3.05) is 0 Å². The van der Waals surface area contributed by atoms with Crippen molar-refractivity contribution >= 4 is 5.70 Å². The Morgan fingerprint density at radius 3 is 2.42 bits per heavy atom. The van der Waals surface area contributed by atoms with Crippen LogP contribution in [-0.2, 0) is 6.61 Å². The molecule has 0 aliphatic heterocycles. The molecule has 0 bridgehead atoms. The maximum atomic E-state index is 5.82. The first-order chi connectivity index (χ1) is 9.35. The fraction of sp³-hybridized carbons (Fsp3) is 0.0667. The Kier molecular flexibility index (Phi) is 4.42. The molecule has 4 heteroatoms. The second-order valence-corrected chi connectivity index (χ2v) is 4.00. The molecule has 0 aromatic heterocycles. The van der Waals surface area contributed by atoms with E-state index >= 15 is 0 Å². The van der Waals surface area contributed by atoms with Crippen LogP contribution in [-0.4, -0.2) is 0 Å². The molecule has 0 saturated carbocycles. The van der Waals surface area contributed by atoms with Gasteiger partial charge in [0.05, 0.1) is 5.70 Å². The third kappa shape index (κ3) is 3.26. The van der Waals surface area contributed by atoms with Gasteiger partial charge >= 0.3 is 0 Å². The number of nitrogens with two attached hydrogens (primary N) is 2. The lowest BCUT2D eigenvalue weighted by atomic mass is 10.1. The van der Waals surface area contributed by atoms with E-state index in [9.17, 15) is 0 Å². The quantitative estimate of drug-likeness (QED) is 0.564. The molecule has 4 nitrogen and oxygen atoms in total. The number of nitrogens with one attached hydrogen (secondary N) is 1. The molecule has 0 radical (unpaired) electrons. The van der Waals surface area contributed by atoms with Crippen LogP contribution in [0.4, 0.5) is 0 Å². The average Bonchev–Trinajstić information content (AvgIpc) is 2.48. The second kappa shape index (κ2) is 6.47. The predicted molar refractivity (Wildman–Crippen MR) is 76.7 cm³/mol. The topological polar surface area (TPSA) is 73.3 Å². The molecule has 0 spiro atoms. The Bertz CT molecular complexity index is 552. The number of rotatable bonds is 5. The van der Waals surface area contributed by atoms with Gasteiger partial charge in [-0.1, -0.05) is 42.5 Å². The number of benzene rings is 2. The van der Waals surface area contributed by atoms with E-state index in [-0.39, 0.29) is 0 Å². The van der Waals surface area contributed by atoms with Crippen LogP contribution < -0.4 is 21.7 Å². The highest BCUT2D eigenvalue weighted by atomic mass is 16.5. The molecule has 0 amide bonds. The highest BCUT2D eigenvalue weighted by molar-refractivity contribution is 5.68. The summed E-state index contributed by atoms with van der Waals surface area (Å²) in [7, 11) is 0. The number of hydrogen-bond acceptors (Lipinski definition) is 4. The molecule has 19 heavy (non-hydrogen) atoms. The Morgan fingerprint density at radius 2 is 1.74 bits per heavy atom. The summed E-state index contributed by atoms with van der Waals surface area (Å²) in [6.45, 7) is 0.500. The molecule has 0 unspecified atom stereocenters. The van der Waals surface area contributed by atoms with E-state index in [0.29, 0.717) is 12.3 Å². The summed E-state index contributed by atoms with van der Waals surface area (Å²) in [5, 5.41) is 0. The van der Waals surface area contributed by atoms with Crippen LogP contribution in [0.3, 0.4) is 0 Å². The summed E-state index contributed by atoms with van der Waals surface area (Å²) in [6.07, 6.45) is 1.42. The Labute approximate surface area is 112 Å². The maximum absolute atomic E-state index is 5.82. The average molecular weight is 255 g/mol. The fourth-order valence-corrected chi connectivity index (χ4v) is 1.77. The van der Waals surface area contributed by atoms with E-state index in [4.69, 9.17) is 16.3 Å². The van der Waals surface area contributed by atoms with Crippen molar-refractivity contribution in [3.8, 4) is 5.75 Å². The van der Waals surface area contributed by atoms with Gasteiger partial charge < -0.3 is 15.9 Å². The smallest absolute Gasteiger partial charge is 0.129 e. The minimum absolute atomic E-state index is 0.500. The molecule has 0 fully saturated rings. The van der Waals surface area contributed by atoms with Gasteiger partial charge in [0.25, 0.3) is 0 Å². The molecule has 98 valence electrons. The Morgan fingerprint density at radius 1 is 1.05 bits per heavy atom. The predicted octanol–water partition coefficient (Wildman–Crippen LogP) is 1.99. The molecule has 0 aliphatic carbocycles. The van der Waals surface area contributed by atoms with Gasteiger partial charge in [-0.15, -0.1) is 0 Å². The second-order valence-electron chi connectivity index (χ2n) is 4.00. The lowest BCUT2D eigenvalue weighted by Crippen LogP contribution is -2.21. The number of hydrogen-bond donors (Lipinski definition) is 3. The third-order valence-electron chi connectivity index (χ3n) is 2.74. The molecular weight excluding hydrogens is 238 g/mol. The minimum atomic E-state index is 0.500. The van der Waals surface area contributed by atoms with Gasteiger partial charge in [-0.25, -0.2) is 0 Å². The monoisotopic (exact) mass is 255 g/mol. The Balaban J connectivity index is 2.17. The lowest BCUT2D eigenvalue weighted by molar-refractivity contribution is 0.305. The van der Waals surface area contributed by atoms with E-state index in [1.54, 1.807) is 0 Å². The van der Waals surface area contributed by atoms with Crippen molar-refractivity contribution in [1.29, 1.82) is 0 Å². The molecule has 2 rings (SSSR count). The zero-order chi connectivity index (χ0) is 13.5. The van der Waals surface area contributed by atoms with Gasteiger partial charge in [-0.3, -0.25) is 5.84 Å². The zero-order valence-electron chi connectivity index (χ0n) is 10.5. The van der Waals surface area contributed by atoms with E-state index in [0.717, 1.165) is 16.9 Å². The van der Waals surface area contributed by atoms with Crippen molar-refractivity contribution in [3.63, 3.8) is 0 Å². The first-order valence-electron chi connectivity index (χ1n) is 6.00.